The van der Waals surface area contributed by atoms with Crippen LogP contribution >= 0.6 is 11.8 Å². The van der Waals surface area contributed by atoms with Crippen LogP contribution in [0.15, 0.2) is 23.1 Å². The number of hydrogen-bond donors (Lipinski definition) is 2. The molecule has 104 valence electrons. The molecule has 0 spiro atoms. The number of thioether (sulfide) groups is 1. The minimum atomic E-state index is 0.134. The maximum absolute atomic E-state index is 11.6. The molecule has 3 N–H and O–H groups in total. The Morgan fingerprint density at radius 3 is 3.00 bits per heavy atom. The van der Waals surface area contributed by atoms with Crippen LogP contribution in [0.25, 0.3) is 0 Å². The number of carbonyl (C=O) groups is 1. The fraction of sp³-hybridized carbons (Fsp3) is 0.500. The molecule has 0 saturated heterocycles. The zero-order valence-corrected chi connectivity index (χ0v) is 12.0. The Hall–Kier alpha value is -1.36. The van der Waals surface area contributed by atoms with Crippen LogP contribution in [0.4, 0.5) is 5.69 Å². The van der Waals surface area contributed by atoms with E-state index in [4.69, 9.17) is 10.5 Å². The van der Waals surface area contributed by atoms with Gasteiger partial charge < -0.3 is 15.8 Å². The van der Waals surface area contributed by atoms with E-state index in [-0.39, 0.29) is 5.91 Å². The van der Waals surface area contributed by atoms with Crippen molar-refractivity contribution in [3.63, 3.8) is 0 Å². The number of anilines is 1. The number of benzene rings is 1. The van der Waals surface area contributed by atoms with E-state index >= 15 is 0 Å². The third kappa shape index (κ3) is 4.67. The lowest BCUT2D eigenvalue weighted by Crippen LogP contribution is -2.25. The summed E-state index contributed by atoms with van der Waals surface area (Å²) in [5.74, 6) is 1.69. The zero-order valence-electron chi connectivity index (χ0n) is 11.1. The summed E-state index contributed by atoms with van der Waals surface area (Å²) in [6.07, 6.45) is 2.78. The van der Waals surface area contributed by atoms with Crippen molar-refractivity contribution >= 4 is 23.4 Å². The van der Waals surface area contributed by atoms with E-state index in [1.165, 1.54) is 0 Å². The summed E-state index contributed by atoms with van der Waals surface area (Å²) in [6, 6.07) is 6.08. The highest BCUT2D eigenvalue weighted by molar-refractivity contribution is 7.99. The topological polar surface area (TPSA) is 64.3 Å². The number of nitrogens with one attached hydrogen (secondary N) is 1. The highest BCUT2D eigenvalue weighted by Gasteiger charge is 2.22. The molecule has 1 aromatic rings. The molecule has 0 heterocycles. The van der Waals surface area contributed by atoms with Crippen LogP contribution in [0.2, 0.25) is 0 Å². The second-order valence-corrected chi connectivity index (χ2v) is 5.71. The van der Waals surface area contributed by atoms with Gasteiger partial charge in [0.25, 0.3) is 0 Å². The van der Waals surface area contributed by atoms with Gasteiger partial charge in [0.2, 0.25) is 5.91 Å². The molecule has 5 heteroatoms. The molecule has 1 saturated carbocycles. The Labute approximate surface area is 118 Å². The predicted molar refractivity (Wildman–Crippen MR) is 78.5 cm³/mol. The monoisotopic (exact) mass is 280 g/mol. The third-order valence-electron chi connectivity index (χ3n) is 2.83. The van der Waals surface area contributed by atoms with Gasteiger partial charge >= 0.3 is 0 Å². The summed E-state index contributed by atoms with van der Waals surface area (Å²) in [5.41, 5.74) is 6.65. The Kier molecular flexibility index (Phi) is 4.96. The molecule has 4 nitrogen and oxygen atoms in total. The number of hydrogen-bond acceptors (Lipinski definition) is 4. The fourth-order valence-electron chi connectivity index (χ4n) is 1.68. The quantitative estimate of drug-likeness (QED) is 0.595. The van der Waals surface area contributed by atoms with Gasteiger partial charge in [0.15, 0.2) is 0 Å². The molecule has 19 heavy (non-hydrogen) atoms. The van der Waals surface area contributed by atoms with Gasteiger partial charge in [-0.25, -0.2) is 0 Å². The summed E-state index contributed by atoms with van der Waals surface area (Å²) >= 11 is 1.60. The van der Waals surface area contributed by atoms with E-state index in [1.54, 1.807) is 11.8 Å². The highest BCUT2D eigenvalue weighted by atomic mass is 32.2. The first-order chi connectivity index (χ1) is 9.19. The van der Waals surface area contributed by atoms with Crippen molar-refractivity contribution in [2.45, 2.75) is 37.1 Å². The molecule has 1 aliphatic rings. The van der Waals surface area contributed by atoms with Gasteiger partial charge in [-0.1, -0.05) is 0 Å². The number of nitrogens with two attached hydrogens (primary N) is 1. The minimum Gasteiger partial charge on any atom is -0.494 e. The molecule has 0 atom stereocenters. The molecule has 1 amide bonds. The molecule has 0 aliphatic heterocycles. The second kappa shape index (κ2) is 6.70. The normalized spacial score (nSPS) is 14.2. The van der Waals surface area contributed by atoms with E-state index in [0.29, 0.717) is 19.1 Å². The van der Waals surface area contributed by atoms with Crippen LogP contribution < -0.4 is 15.8 Å². The predicted octanol–water partition coefficient (Wildman–Crippen LogP) is 2.43. The van der Waals surface area contributed by atoms with E-state index in [9.17, 15) is 4.79 Å². The molecule has 1 aliphatic carbocycles. The zero-order chi connectivity index (χ0) is 13.7. The Morgan fingerprint density at radius 2 is 2.32 bits per heavy atom. The SMILES string of the molecule is CCOc1ccc(N)c(SCCC(=O)NC2CC2)c1. The van der Waals surface area contributed by atoms with Gasteiger partial charge in [-0.3, -0.25) is 4.79 Å². The van der Waals surface area contributed by atoms with E-state index in [1.807, 2.05) is 25.1 Å². The number of nitrogen functional groups attached to an aromatic ring is 1. The van der Waals surface area contributed by atoms with E-state index in [2.05, 4.69) is 5.32 Å². The third-order valence-corrected chi connectivity index (χ3v) is 3.90. The molecule has 0 unspecified atom stereocenters. The standard InChI is InChI=1S/C14H20N2O2S/c1-2-18-11-5-6-12(15)13(9-11)19-8-7-14(17)16-10-3-4-10/h5-6,9-10H,2-4,7-8,15H2,1H3,(H,16,17). The summed E-state index contributed by atoms with van der Waals surface area (Å²) < 4.78 is 5.44. The van der Waals surface area contributed by atoms with Crippen molar-refractivity contribution in [3.05, 3.63) is 18.2 Å². The molecule has 1 aromatic carbocycles. The summed E-state index contributed by atoms with van der Waals surface area (Å²) in [4.78, 5) is 12.5. The van der Waals surface area contributed by atoms with Crippen LogP contribution in [-0.2, 0) is 4.79 Å². The molecule has 2 rings (SSSR count). The van der Waals surface area contributed by atoms with Crippen molar-refractivity contribution < 1.29 is 9.53 Å². The van der Waals surface area contributed by atoms with Gasteiger partial charge in [-0.15, -0.1) is 11.8 Å². The molecule has 0 aromatic heterocycles. The first-order valence-electron chi connectivity index (χ1n) is 6.63. The van der Waals surface area contributed by atoms with Gasteiger partial charge in [0.05, 0.1) is 6.61 Å². The molecular formula is C14H20N2O2S. The van der Waals surface area contributed by atoms with Crippen LogP contribution in [0.5, 0.6) is 5.75 Å². The molecular weight excluding hydrogens is 260 g/mol. The lowest BCUT2D eigenvalue weighted by atomic mass is 10.3. The number of rotatable bonds is 7. The second-order valence-electron chi connectivity index (χ2n) is 4.57. The van der Waals surface area contributed by atoms with Crippen LogP contribution in [-0.4, -0.2) is 24.3 Å². The Morgan fingerprint density at radius 1 is 1.53 bits per heavy atom. The van der Waals surface area contributed by atoms with Crippen LogP contribution in [0, 0.1) is 0 Å². The van der Waals surface area contributed by atoms with Crippen LogP contribution in [0.3, 0.4) is 0 Å². The van der Waals surface area contributed by atoms with Crippen LogP contribution in [0.1, 0.15) is 26.2 Å². The van der Waals surface area contributed by atoms with Crippen molar-refractivity contribution in [2.75, 3.05) is 18.1 Å². The summed E-state index contributed by atoms with van der Waals surface area (Å²) in [5, 5.41) is 2.98. The Bertz CT molecular complexity index is 447. The summed E-state index contributed by atoms with van der Waals surface area (Å²) in [6.45, 7) is 2.59. The maximum atomic E-state index is 11.6. The van der Waals surface area contributed by atoms with Gasteiger partial charge in [-0.2, -0.15) is 0 Å². The van der Waals surface area contributed by atoms with Crippen molar-refractivity contribution in [1.82, 2.24) is 5.32 Å². The minimum absolute atomic E-state index is 0.134. The van der Waals surface area contributed by atoms with E-state index in [0.717, 1.165) is 34.9 Å². The number of ether oxygens (including phenoxy) is 1. The largest absolute Gasteiger partial charge is 0.494 e. The number of amides is 1. The fourth-order valence-corrected chi connectivity index (χ4v) is 2.62. The Balaban J connectivity index is 1.80. The maximum Gasteiger partial charge on any atom is 0.221 e. The van der Waals surface area contributed by atoms with Crippen molar-refractivity contribution in [3.8, 4) is 5.75 Å². The van der Waals surface area contributed by atoms with Gasteiger partial charge in [0, 0.05) is 28.8 Å². The lowest BCUT2D eigenvalue weighted by molar-refractivity contribution is -0.120. The average molecular weight is 280 g/mol. The van der Waals surface area contributed by atoms with Crippen molar-refractivity contribution in [2.24, 2.45) is 0 Å². The molecule has 0 radical (unpaired) electrons. The highest BCUT2D eigenvalue weighted by Crippen LogP contribution is 2.29. The first kappa shape index (κ1) is 14.1. The molecule has 1 fully saturated rings. The first-order valence-corrected chi connectivity index (χ1v) is 7.62. The van der Waals surface area contributed by atoms with Gasteiger partial charge in [-0.05, 0) is 38.0 Å². The molecule has 0 bridgehead atoms. The average Bonchev–Trinajstić information content (AvgIpc) is 3.17. The lowest BCUT2D eigenvalue weighted by Gasteiger charge is -2.09. The smallest absolute Gasteiger partial charge is 0.221 e. The van der Waals surface area contributed by atoms with Gasteiger partial charge in [0.1, 0.15) is 5.75 Å². The van der Waals surface area contributed by atoms with Crippen molar-refractivity contribution in [1.29, 1.82) is 0 Å². The summed E-state index contributed by atoms with van der Waals surface area (Å²) in [7, 11) is 0. The number of carbonyl (C=O) groups excluding carboxylic acids is 1. The van der Waals surface area contributed by atoms with E-state index < -0.39 is 0 Å².